The number of allylic oxidation sites excluding steroid dienone is 2. The Bertz CT molecular complexity index is 603. The molecule has 2 N–H and O–H groups in total. The van der Waals surface area contributed by atoms with Crippen molar-refractivity contribution in [2.24, 2.45) is 0 Å². The fourth-order valence-electron chi connectivity index (χ4n) is 3.12. The molecule has 0 spiro atoms. The molecule has 4 nitrogen and oxygen atoms in total. The maximum Gasteiger partial charge on any atom is 0.251 e. The summed E-state index contributed by atoms with van der Waals surface area (Å²) in [7, 11) is 0. The predicted octanol–water partition coefficient (Wildman–Crippen LogP) is 3.71. The Morgan fingerprint density at radius 1 is 1.32 bits per heavy atom. The molecule has 0 saturated carbocycles. The average molecular weight is 349 g/mol. The number of aliphatic hydroxyl groups is 1. The van der Waals surface area contributed by atoms with Gasteiger partial charge in [0.2, 0.25) is 0 Å². The topological polar surface area (TPSA) is 58.6 Å². The van der Waals surface area contributed by atoms with Crippen LogP contribution in [-0.4, -0.2) is 36.4 Å². The molecule has 1 aromatic carbocycles. The van der Waals surface area contributed by atoms with E-state index in [0.717, 1.165) is 37.7 Å². The number of hydrogen-bond acceptors (Lipinski definition) is 3. The first-order valence-corrected chi connectivity index (χ1v) is 8.99. The molecule has 5 heteroatoms. The first kappa shape index (κ1) is 19.4. The third kappa shape index (κ3) is 6.16. The number of nitrogens with one attached hydrogen (secondary N) is 1. The van der Waals surface area contributed by atoms with Gasteiger partial charge >= 0.3 is 0 Å². The van der Waals surface area contributed by atoms with Gasteiger partial charge < -0.3 is 15.2 Å². The number of aryl methyl sites for hydroxylation is 1. The predicted molar refractivity (Wildman–Crippen MR) is 96.8 cm³/mol. The molecule has 0 aliphatic heterocycles. The summed E-state index contributed by atoms with van der Waals surface area (Å²) in [6.45, 7) is 1.74. The second-order valence-corrected chi connectivity index (χ2v) is 6.65. The van der Waals surface area contributed by atoms with Gasteiger partial charge in [-0.2, -0.15) is 0 Å². The van der Waals surface area contributed by atoms with Crippen LogP contribution < -0.4 is 10.1 Å². The minimum Gasteiger partial charge on any atom is -0.491 e. The van der Waals surface area contributed by atoms with Gasteiger partial charge in [-0.25, -0.2) is 4.39 Å². The molecule has 0 bridgehead atoms. The molecule has 0 unspecified atom stereocenters. The van der Waals surface area contributed by atoms with Gasteiger partial charge in [-0.15, -0.1) is 0 Å². The smallest absolute Gasteiger partial charge is 0.251 e. The zero-order valence-electron chi connectivity index (χ0n) is 14.9. The lowest BCUT2D eigenvalue weighted by atomic mass is 9.86. The van der Waals surface area contributed by atoms with Crippen LogP contribution in [0.4, 0.5) is 4.39 Å². The lowest BCUT2D eigenvalue weighted by Crippen LogP contribution is -2.35. The summed E-state index contributed by atoms with van der Waals surface area (Å²) in [5.41, 5.74) is 0.641. The minimum atomic E-state index is -0.696. The normalized spacial score (nSPS) is 21.9. The maximum absolute atomic E-state index is 12.3. The zero-order chi connectivity index (χ0) is 18.1. The van der Waals surface area contributed by atoms with Crippen molar-refractivity contribution in [3.63, 3.8) is 0 Å². The van der Waals surface area contributed by atoms with Crippen molar-refractivity contribution in [1.29, 1.82) is 0 Å². The van der Waals surface area contributed by atoms with E-state index in [9.17, 15) is 14.3 Å². The third-order valence-electron chi connectivity index (χ3n) is 4.60. The number of amides is 1. The van der Waals surface area contributed by atoms with Gasteiger partial charge in [0.25, 0.3) is 5.91 Å². The Kier molecular flexibility index (Phi) is 7.44. The first-order valence-electron chi connectivity index (χ1n) is 8.99. The molecule has 25 heavy (non-hydrogen) atoms. The van der Waals surface area contributed by atoms with Crippen LogP contribution in [0.3, 0.4) is 0 Å². The molecule has 0 heterocycles. The van der Waals surface area contributed by atoms with Crippen LogP contribution in [0.15, 0.2) is 30.4 Å². The standard InChI is InChI=1S/C20H28FNO3/c1-16-15-17(7-8-18(16)25-14-12-21)19(23)22-13-11-20(24)9-5-3-2-4-6-10-20/h2-3,7-8,15,24H,4-6,9-14H2,1H3,(H,22,23)/b3-2-/t20-/m0/s1. The second-order valence-electron chi connectivity index (χ2n) is 6.65. The SMILES string of the molecule is Cc1cc(C(=O)NCC[C@]2(O)CC/C=C\CCC2)ccc1OCCF. The van der Waals surface area contributed by atoms with E-state index in [2.05, 4.69) is 17.5 Å². The second kappa shape index (κ2) is 9.56. The Morgan fingerprint density at radius 3 is 2.88 bits per heavy atom. The van der Waals surface area contributed by atoms with Gasteiger partial charge in [0.05, 0.1) is 5.60 Å². The van der Waals surface area contributed by atoms with E-state index in [1.54, 1.807) is 18.2 Å². The molecule has 2 rings (SSSR count). The van der Waals surface area contributed by atoms with Gasteiger partial charge in [-0.05, 0) is 69.2 Å². The quantitative estimate of drug-likeness (QED) is 0.738. The third-order valence-corrected chi connectivity index (χ3v) is 4.60. The van der Waals surface area contributed by atoms with E-state index in [1.807, 2.05) is 6.92 Å². The van der Waals surface area contributed by atoms with E-state index >= 15 is 0 Å². The number of carbonyl (C=O) groups excluding carboxylic acids is 1. The average Bonchev–Trinajstić information content (AvgIpc) is 2.57. The Labute approximate surface area is 149 Å². The lowest BCUT2D eigenvalue weighted by molar-refractivity contribution is 0.0132. The summed E-state index contributed by atoms with van der Waals surface area (Å²) in [5.74, 6) is 0.417. The van der Waals surface area contributed by atoms with Crippen molar-refractivity contribution < 1.29 is 19.0 Å². The molecular formula is C20H28FNO3. The number of carbonyl (C=O) groups is 1. The Morgan fingerprint density at radius 2 is 2.12 bits per heavy atom. The lowest BCUT2D eigenvalue weighted by Gasteiger charge is -2.29. The van der Waals surface area contributed by atoms with E-state index in [0.29, 0.717) is 24.3 Å². The monoisotopic (exact) mass is 349 g/mol. The molecule has 1 amide bonds. The van der Waals surface area contributed by atoms with Crippen LogP contribution in [-0.2, 0) is 0 Å². The van der Waals surface area contributed by atoms with Crippen LogP contribution in [0.25, 0.3) is 0 Å². The molecule has 1 aliphatic rings. The molecule has 1 atom stereocenters. The molecule has 0 saturated heterocycles. The largest absolute Gasteiger partial charge is 0.491 e. The summed E-state index contributed by atoms with van der Waals surface area (Å²) < 4.78 is 17.4. The van der Waals surface area contributed by atoms with Crippen LogP contribution in [0.5, 0.6) is 5.75 Å². The number of alkyl halides is 1. The summed E-state index contributed by atoms with van der Waals surface area (Å²) >= 11 is 0. The minimum absolute atomic E-state index is 0.0140. The summed E-state index contributed by atoms with van der Waals surface area (Å²) in [6, 6.07) is 5.10. The molecule has 1 aromatic rings. The molecule has 0 fully saturated rings. The molecule has 1 aliphatic carbocycles. The van der Waals surface area contributed by atoms with Crippen LogP contribution >= 0.6 is 0 Å². The molecule has 0 aromatic heterocycles. The van der Waals surface area contributed by atoms with Crippen molar-refractivity contribution >= 4 is 5.91 Å². The number of benzene rings is 1. The van der Waals surface area contributed by atoms with Gasteiger partial charge in [-0.1, -0.05) is 12.2 Å². The van der Waals surface area contributed by atoms with Crippen molar-refractivity contribution in [3.8, 4) is 5.75 Å². The highest BCUT2D eigenvalue weighted by atomic mass is 19.1. The van der Waals surface area contributed by atoms with Crippen molar-refractivity contribution in [2.45, 2.75) is 51.0 Å². The number of hydrogen-bond donors (Lipinski definition) is 2. The highest BCUT2D eigenvalue weighted by Crippen LogP contribution is 2.26. The number of rotatable bonds is 7. The fraction of sp³-hybridized carbons (Fsp3) is 0.550. The van der Waals surface area contributed by atoms with Crippen molar-refractivity contribution in [1.82, 2.24) is 5.32 Å². The number of halogens is 1. The van der Waals surface area contributed by atoms with Gasteiger partial charge in [-0.3, -0.25) is 4.79 Å². The summed E-state index contributed by atoms with van der Waals surface area (Å²) in [4.78, 5) is 12.3. The number of ether oxygens (including phenoxy) is 1. The van der Waals surface area contributed by atoms with Crippen LogP contribution in [0, 0.1) is 6.92 Å². The van der Waals surface area contributed by atoms with Crippen LogP contribution in [0.2, 0.25) is 0 Å². The Hall–Kier alpha value is -1.88. The van der Waals surface area contributed by atoms with Gasteiger partial charge in [0.15, 0.2) is 0 Å². The van der Waals surface area contributed by atoms with Crippen LogP contribution in [0.1, 0.15) is 54.4 Å². The van der Waals surface area contributed by atoms with E-state index < -0.39 is 12.3 Å². The summed E-state index contributed by atoms with van der Waals surface area (Å²) in [5, 5.41) is 13.6. The van der Waals surface area contributed by atoms with Gasteiger partial charge in [0, 0.05) is 12.1 Å². The molecular weight excluding hydrogens is 321 g/mol. The first-order chi connectivity index (χ1) is 12.0. The van der Waals surface area contributed by atoms with Crippen molar-refractivity contribution in [3.05, 3.63) is 41.5 Å². The highest BCUT2D eigenvalue weighted by Gasteiger charge is 2.26. The molecule has 0 radical (unpaired) electrons. The highest BCUT2D eigenvalue weighted by molar-refractivity contribution is 5.94. The van der Waals surface area contributed by atoms with E-state index in [-0.39, 0.29) is 12.5 Å². The van der Waals surface area contributed by atoms with E-state index in [4.69, 9.17) is 4.74 Å². The van der Waals surface area contributed by atoms with Crippen molar-refractivity contribution in [2.75, 3.05) is 19.8 Å². The summed E-state index contributed by atoms with van der Waals surface area (Å²) in [6.07, 6.45) is 9.22. The zero-order valence-corrected chi connectivity index (χ0v) is 14.9. The maximum atomic E-state index is 12.3. The fourth-order valence-corrected chi connectivity index (χ4v) is 3.12. The van der Waals surface area contributed by atoms with Gasteiger partial charge in [0.1, 0.15) is 19.0 Å². The molecule has 138 valence electrons. The Balaban J connectivity index is 1.85. The van der Waals surface area contributed by atoms with E-state index in [1.165, 1.54) is 0 Å².